The summed E-state index contributed by atoms with van der Waals surface area (Å²) in [7, 11) is 1.92. The maximum Gasteiger partial charge on any atom is 0.102 e. The van der Waals surface area contributed by atoms with Crippen LogP contribution in [0, 0.1) is 18.3 Å². The minimum atomic E-state index is -0.215. The average Bonchev–Trinajstić information content (AvgIpc) is 2.88. The number of aryl methyl sites for hydroxylation is 1. The molecule has 2 aromatic rings. The third kappa shape index (κ3) is 2.25. The summed E-state index contributed by atoms with van der Waals surface area (Å²) in [6.45, 7) is 6.12. The van der Waals surface area contributed by atoms with Crippen molar-refractivity contribution < 1.29 is 0 Å². The Balaban J connectivity index is 2.66. The van der Waals surface area contributed by atoms with Crippen molar-refractivity contribution in [3.63, 3.8) is 0 Å². The van der Waals surface area contributed by atoms with Crippen LogP contribution in [0.1, 0.15) is 30.7 Å². The highest BCUT2D eigenvalue weighted by Gasteiger charge is 2.23. The normalized spacial score (nSPS) is 11.3. The standard InChI is InChI=1S/C15H18N4/c1-11-6-5-7-13(12(11)8-16)19-10-18-9-14(19)15(2,3)17-4/h5-7,9-10,17H,1-4H3. The molecule has 0 atom stereocenters. The summed E-state index contributed by atoms with van der Waals surface area (Å²) in [5, 5.41) is 12.6. The average molecular weight is 254 g/mol. The SMILES string of the molecule is CNC(C)(C)c1cncn1-c1cccc(C)c1C#N. The molecule has 0 aliphatic rings. The van der Waals surface area contributed by atoms with Gasteiger partial charge >= 0.3 is 0 Å². The predicted molar refractivity (Wildman–Crippen MR) is 75.1 cm³/mol. The van der Waals surface area contributed by atoms with Crippen molar-refractivity contribution in [3.8, 4) is 11.8 Å². The molecule has 1 N–H and O–H groups in total. The predicted octanol–water partition coefficient (Wildman–Crippen LogP) is 2.51. The molecule has 98 valence electrons. The van der Waals surface area contributed by atoms with Crippen LogP contribution in [0.4, 0.5) is 0 Å². The number of aromatic nitrogens is 2. The van der Waals surface area contributed by atoms with Gasteiger partial charge in [-0.05, 0) is 39.4 Å². The molecule has 0 fully saturated rings. The van der Waals surface area contributed by atoms with Crippen LogP contribution in [0.5, 0.6) is 0 Å². The van der Waals surface area contributed by atoms with E-state index in [4.69, 9.17) is 0 Å². The lowest BCUT2D eigenvalue weighted by Gasteiger charge is -2.25. The van der Waals surface area contributed by atoms with Crippen molar-refractivity contribution in [2.75, 3.05) is 7.05 Å². The highest BCUT2D eigenvalue weighted by Crippen LogP contribution is 2.25. The van der Waals surface area contributed by atoms with E-state index in [0.29, 0.717) is 5.56 Å². The van der Waals surface area contributed by atoms with E-state index in [1.165, 1.54) is 0 Å². The molecule has 1 aromatic carbocycles. The smallest absolute Gasteiger partial charge is 0.102 e. The van der Waals surface area contributed by atoms with Crippen LogP contribution in [0.15, 0.2) is 30.7 Å². The van der Waals surface area contributed by atoms with E-state index < -0.39 is 0 Å². The summed E-state index contributed by atoms with van der Waals surface area (Å²) in [4.78, 5) is 4.23. The van der Waals surface area contributed by atoms with Crippen LogP contribution in [0.25, 0.3) is 5.69 Å². The van der Waals surface area contributed by atoms with E-state index >= 15 is 0 Å². The Morgan fingerprint density at radius 3 is 2.74 bits per heavy atom. The number of hydrogen-bond acceptors (Lipinski definition) is 3. The molecule has 0 unspecified atom stereocenters. The van der Waals surface area contributed by atoms with Gasteiger partial charge in [-0.25, -0.2) is 4.98 Å². The van der Waals surface area contributed by atoms with Gasteiger partial charge in [0.2, 0.25) is 0 Å². The minimum Gasteiger partial charge on any atom is -0.310 e. The van der Waals surface area contributed by atoms with Crippen LogP contribution < -0.4 is 5.32 Å². The molecule has 0 saturated heterocycles. The number of nitrogens with one attached hydrogen (secondary N) is 1. The van der Waals surface area contributed by atoms with Gasteiger partial charge in [-0.1, -0.05) is 12.1 Å². The molecule has 0 aliphatic carbocycles. The number of hydrogen-bond donors (Lipinski definition) is 1. The summed E-state index contributed by atoms with van der Waals surface area (Å²) in [5.74, 6) is 0. The molecule has 4 heteroatoms. The molecule has 19 heavy (non-hydrogen) atoms. The molecule has 1 heterocycles. The molecular weight excluding hydrogens is 236 g/mol. The summed E-state index contributed by atoms with van der Waals surface area (Å²) >= 11 is 0. The van der Waals surface area contributed by atoms with Crippen LogP contribution in [-0.2, 0) is 5.54 Å². The van der Waals surface area contributed by atoms with Gasteiger partial charge in [-0.3, -0.25) is 0 Å². The molecule has 0 radical (unpaired) electrons. The Labute approximate surface area is 113 Å². The lowest BCUT2D eigenvalue weighted by atomic mass is 10.0. The number of nitrogens with zero attached hydrogens (tertiary/aromatic N) is 3. The molecule has 1 aromatic heterocycles. The Morgan fingerprint density at radius 1 is 1.37 bits per heavy atom. The molecule has 0 amide bonds. The Bertz CT molecular complexity index is 632. The van der Waals surface area contributed by atoms with Gasteiger partial charge in [0.25, 0.3) is 0 Å². The first kappa shape index (κ1) is 13.3. The number of benzene rings is 1. The second kappa shape index (κ2) is 4.87. The van der Waals surface area contributed by atoms with Gasteiger partial charge < -0.3 is 9.88 Å². The second-order valence-corrected chi connectivity index (χ2v) is 5.10. The van der Waals surface area contributed by atoms with Gasteiger partial charge in [0.05, 0.1) is 35.0 Å². The number of imidazole rings is 1. The van der Waals surface area contributed by atoms with Crippen molar-refractivity contribution in [2.24, 2.45) is 0 Å². The van der Waals surface area contributed by atoms with Gasteiger partial charge in [0.1, 0.15) is 6.07 Å². The summed E-state index contributed by atoms with van der Waals surface area (Å²) in [6.07, 6.45) is 3.59. The van der Waals surface area contributed by atoms with E-state index in [1.54, 1.807) is 6.33 Å². The van der Waals surface area contributed by atoms with Crippen molar-refractivity contribution in [1.82, 2.24) is 14.9 Å². The largest absolute Gasteiger partial charge is 0.310 e. The molecule has 0 saturated carbocycles. The van der Waals surface area contributed by atoms with Crippen molar-refractivity contribution in [3.05, 3.63) is 47.5 Å². The molecule has 0 aliphatic heterocycles. The fraction of sp³-hybridized carbons (Fsp3) is 0.333. The van der Waals surface area contributed by atoms with Gasteiger partial charge in [0.15, 0.2) is 0 Å². The maximum absolute atomic E-state index is 9.35. The molecule has 2 rings (SSSR count). The van der Waals surface area contributed by atoms with E-state index in [0.717, 1.165) is 16.9 Å². The zero-order valence-corrected chi connectivity index (χ0v) is 11.7. The highest BCUT2D eigenvalue weighted by molar-refractivity contribution is 5.54. The van der Waals surface area contributed by atoms with Crippen molar-refractivity contribution >= 4 is 0 Å². The van der Waals surface area contributed by atoms with Gasteiger partial charge in [-0.15, -0.1) is 0 Å². The first-order valence-electron chi connectivity index (χ1n) is 6.23. The Hall–Kier alpha value is -2.12. The first-order valence-corrected chi connectivity index (χ1v) is 6.23. The summed E-state index contributed by atoms with van der Waals surface area (Å²) in [5.41, 5.74) is 3.35. The fourth-order valence-corrected chi connectivity index (χ4v) is 2.08. The Morgan fingerprint density at radius 2 is 2.11 bits per heavy atom. The van der Waals surface area contributed by atoms with Crippen molar-refractivity contribution in [2.45, 2.75) is 26.3 Å². The lowest BCUT2D eigenvalue weighted by Crippen LogP contribution is -2.35. The summed E-state index contributed by atoms with van der Waals surface area (Å²) < 4.78 is 1.97. The third-order valence-corrected chi connectivity index (χ3v) is 3.53. The Kier molecular flexibility index (Phi) is 3.41. The molecule has 0 spiro atoms. The number of nitriles is 1. The van der Waals surface area contributed by atoms with E-state index in [1.807, 2.05) is 42.9 Å². The van der Waals surface area contributed by atoms with Crippen LogP contribution in [-0.4, -0.2) is 16.6 Å². The molecular formula is C15H18N4. The van der Waals surface area contributed by atoms with E-state index in [2.05, 4.69) is 30.2 Å². The van der Waals surface area contributed by atoms with Crippen LogP contribution >= 0.6 is 0 Å². The fourth-order valence-electron chi connectivity index (χ4n) is 2.08. The monoisotopic (exact) mass is 254 g/mol. The number of rotatable bonds is 3. The first-order chi connectivity index (χ1) is 9.01. The van der Waals surface area contributed by atoms with Gasteiger partial charge in [0, 0.05) is 0 Å². The molecule has 0 bridgehead atoms. The van der Waals surface area contributed by atoms with Gasteiger partial charge in [-0.2, -0.15) is 5.26 Å². The topological polar surface area (TPSA) is 53.6 Å². The minimum absolute atomic E-state index is 0.215. The van der Waals surface area contributed by atoms with E-state index in [9.17, 15) is 5.26 Å². The van der Waals surface area contributed by atoms with Crippen LogP contribution in [0.3, 0.4) is 0 Å². The zero-order chi connectivity index (χ0) is 14.0. The lowest BCUT2D eigenvalue weighted by molar-refractivity contribution is 0.424. The highest BCUT2D eigenvalue weighted by atomic mass is 15.1. The second-order valence-electron chi connectivity index (χ2n) is 5.10. The summed E-state index contributed by atoms with van der Waals surface area (Å²) in [6, 6.07) is 8.13. The van der Waals surface area contributed by atoms with Crippen molar-refractivity contribution in [1.29, 1.82) is 5.26 Å². The quantitative estimate of drug-likeness (QED) is 0.915. The third-order valence-electron chi connectivity index (χ3n) is 3.53. The maximum atomic E-state index is 9.35. The van der Waals surface area contributed by atoms with Crippen LogP contribution in [0.2, 0.25) is 0 Å². The zero-order valence-electron chi connectivity index (χ0n) is 11.7. The van der Waals surface area contributed by atoms with E-state index in [-0.39, 0.29) is 5.54 Å². The molecule has 4 nitrogen and oxygen atoms in total.